The molecular weight excluding hydrogens is 545 g/mol. The molecule has 0 aliphatic carbocycles. The fourth-order valence-electron chi connectivity index (χ4n) is 6.46. The van der Waals surface area contributed by atoms with E-state index in [0.717, 1.165) is 39.1 Å². The molecule has 2 aliphatic rings. The van der Waals surface area contributed by atoms with Crippen molar-refractivity contribution in [2.75, 3.05) is 44.7 Å². The summed E-state index contributed by atoms with van der Waals surface area (Å²) in [5.41, 5.74) is 0.384. The van der Waals surface area contributed by atoms with E-state index >= 15 is 0 Å². The minimum atomic E-state index is -0.498. The van der Waals surface area contributed by atoms with E-state index < -0.39 is 5.82 Å². The highest BCUT2D eigenvalue weighted by Gasteiger charge is 2.50. The lowest BCUT2D eigenvalue weighted by Crippen LogP contribution is -2.62. The molecule has 0 radical (unpaired) electrons. The van der Waals surface area contributed by atoms with Crippen LogP contribution in [0.3, 0.4) is 0 Å². The number of benzene rings is 1. The fraction of sp³-hybridized carbons (Fsp3) is 0.667. The van der Waals surface area contributed by atoms with E-state index in [9.17, 15) is 9.18 Å². The largest absolute Gasteiger partial charge is 0.434 e. The highest BCUT2D eigenvalue weighted by Crippen LogP contribution is 2.44. The predicted octanol–water partition coefficient (Wildman–Crippen LogP) is 5.02. The molecule has 1 unspecified atom stereocenters. The number of ether oxygens (including phenoxy) is 1. The van der Waals surface area contributed by atoms with Crippen LogP contribution in [0.4, 0.5) is 10.2 Å². The van der Waals surface area contributed by atoms with Gasteiger partial charge in [0.1, 0.15) is 17.9 Å². The van der Waals surface area contributed by atoms with Crippen LogP contribution in [0.1, 0.15) is 71.2 Å². The molecular formula is C30H47ClFN7O2. The normalized spacial score (nSPS) is 17.2. The second-order valence-electron chi connectivity index (χ2n) is 12.4. The molecule has 2 aromatic rings. The molecule has 1 amide bonds. The molecule has 1 spiro atoms. The van der Waals surface area contributed by atoms with Gasteiger partial charge in [0.25, 0.3) is 11.8 Å². The van der Waals surface area contributed by atoms with Crippen molar-refractivity contribution in [3.8, 4) is 11.6 Å². The number of carbonyl (C=O) groups is 1. The lowest BCUT2D eigenvalue weighted by atomic mass is 9.76. The molecule has 1 aromatic heterocycles. The van der Waals surface area contributed by atoms with Crippen molar-refractivity contribution in [2.45, 2.75) is 78.9 Å². The quantitative estimate of drug-likeness (QED) is 0.344. The monoisotopic (exact) mass is 591 g/mol. The third-order valence-corrected chi connectivity index (χ3v) is 8.28. The summed E-state index contributed by atoms with van der Waals surface area (Å²) in [5, 5.41) is 11.5. The van der Waals surface area contributed by atoms with Gasteiger partial charge in [0, 0.05) is 49.7 Å². The maximum Gasteiger partial charge on any atom is 0.282 e. The number of rotatable bonds is 12. The van der Waals surface area contributed by atoms with Gasteiger partial charge in [0.15, 0.2) is 5.82 Å². The SMILES string of the molecule is CNCCCC(C(C)C)N1CC2(CCN(c3ncnnc3Oc3ccc(F)cc3C(=O)N(C(C)C)C(C)C)C2)C1.Cl. The maximum absolute atomic E-state index is 14.3. The zero-order valence-corrected chi connectivity index (χ0v) is 26.4. The van der Waals surface area contributed by atoms with Crippen LogP contribution < -0.4 is 15.0 Å². The zero-order chi connectivity index (χ0) is 29.0. The maximum atomic E-state index is 14.3. The molecule has 2 saturated heterocycles. The molecule has 228 valence electrons. The number of amides is 1. The molecule has 1 atom stereocenters. The van der Waals surface area contributed by atoms with E-state index in [1.165, 1.54) is 37.4 Å². The van der Waals surface area contributed by atoms with Crippen LogP contribution in [0.15, 0.2) is 24.5 Å². The molecule has 4 rings (SSSR count). The van der Waals surface area contributed by atoms with E-state index in [-0.39, 0.29) is 53.0 Å². The first kappa shape index (κ1) is 32.9. The number of hydrogen-bond acceptors (Lipinski definition) is 8. The Balaban J connectivity index is 0.00000462. The van der Waals surface area contributed by atoms with Gasteiger partial charge in [0.2, 0.25) is 0 Å². The minimum Gasteiger partial charge on any atom is -0.434 e. The molecule has 41 heavy (non-hydrogen) atoms. The summed E-state index contributed by atoms with van der Waals surface area (Å²) in [7, 11) is 2.01. The Labute approximate surface area is 250 Å². The van der Waals surface area contributed by atoms with E-state index in [1.807, 2.05) is 34.7 Å². The van der Waals surface area contributed by atoms with Crippen LogP contribution in [0.5, 0.6) is 11.6 Å². The molecule has 1 aromatic carbocycles. The van der Waals surface area contributed by atoms with Gasteiger partial charge in [-0.2, -0.15) is 0 Å². The lowest BCUT2D eigenvalue weighted by Gasteiger charge is -2.53. The second-order valence-corrected chi connectivity index (χ2v) is 12.4. The first-order valence-corrected chi connectivity index (χ1v) is 14.7. The predicted molar refractivity (Wildman–Crippen MR) is 163 cm³/mol. The Morgan fingerprint density at radius 2 is 1.85 bits per heavy atom. The molecule has 3 heterocycles. The lowest BCUT2D eigenvalue weighted by molar-refractivity contribution is -0.0338. The highest BCUT2D eigenvalue weighted by molar-refractivity contribution is 5.97. The second kappa shape index (κ2) is 14.1. The summed E-state index contributed by atoms with van der Waals surface area (Å²) >= 11 is 0. The number of halogens is 2. The van der Waals surface area contributed by atoms with Crippen LogP contribution in [0.2, 0.25) is 0 Å². The van der Waals surface area contributed by atoms with E-state index in [2.05, 4.69) is 44.1 Å². The molecule has 9 nitrogen and oxygen atoms in total. The third kappa shape index (κ3) is 7.45. The summed E-state index contributed by atoms with van der Waals surface area (Å²) in [6, 6.07) is 4.49. The topological polar surface area (TPSA) is 86.7 Å². The van der Waals surface area contributed by atoms with Gasteiger partial charge >= 0.3 is 0 Å². The molecule has 11 heteroatoms. The zero-order valence-electron chi connectivity index (χ0n) is 25.6. The number of aromatic nitrogens is 3. The third-order valence-electron chi connectivity index (χ3n) is 8.28. The first-order chi connectivity index (χ1) is 19.0. The average Bonchev–Trinajstić information content (AvgIpc) is 3.32. The van der Waals surface area contributed by atoms with Crippen LogP contribution in [0, 0.1) is 17.2 Å². The van der Waals surface area contributed by atoms with Crippen molar-refractivity contribution in [3.05, 3.63) is 35.9 Å². The van der Waals surface area contributed by atoms with Crippen molar-refractivity contribution >= 4 is 24.1 Å². The van der Waals surface area contributed by atoms with Gasteiger partial charge < -0.3 is 19.9 Å². The summed E-state index contributed by atoms with van der Waals surface area (Å²) in [5.74, 6) is 0.902. The van der Waals surface area contributed by atoms with E-state index in [0.29, 0.717) is 17.8 Å². The molecule has 1 N–H and O–H groups in total. The molecule has 2 fully saturated rings. The van der Waals surface area contributed by atoms with Crippen molar-refractivity contribution in [1.82, 2.24) is 30.3 Å². The van der Waals surface area contributed by atoms with Gasteiger partial charge in [-0.1, -0.05) is 13.8 Å². The summed E-state index contributed by atoms with van der Waals surface area (Å²) in [6.45, 7) is 17.3. The Bertz CT molecular complexity index is 1150. The van der Waals surface area contributed by atoms with E-state index in [1.54, 1.807) is 4.90 Å². The Morgan fingerprint density at radius 1 is 1.15 bits per heavy atom. The minimum absolute atomic E-state index is 0. The van der Waals surface area contributed by atoms with Crippen LogP contribution in [0.25, 0.3) is 0 Å². The van der Waals surface area contributed by atoms with Gasteiger partial charge in [-0.25, -0.2) is 9.37 Å². The molecule has 0 bridgehead atoms. The number of nitrogens with zero attached hydrogens (tertiary/aromatic N) is 6. The Kier molecular flexibility index (Phi) is 11.3. The highest BCUT2D eigenvalue weighted by atomic mass is 35.5. The fourth-order valence-corrected chi connectivity index (χ4v) is 6.46. The van der Waals surface area contributed by atoms with Gasteiger partial charge in [0.05, 0.1) is 5.56 Å². The number of carbonyl (C=O) groups excluding carboxylic acids is 1. The number of anilines is 1. The summed E-state index contributed by atoms with van der Waals surface area (Å²) in [4.78, 5) is 24.6. The number of nitrogens with one attached hydrogen (secondary N) is 1. The first-order valence-electron chi connectivity index (χ1n) is 14.7. The smallest absolute Gasteiger partial charge is 0.282 e. The Morgan fingerprint density at radius 3 is 2.49 bits per heavy atom. The average molecular weight is 592 g/mol. The van der Waals surface area contributed by atoms with Crippen molar-refractivity contribution < 1.29 is 13.9 Å². The van der Waals surface area contributed by atoms with Gasteiger partial charge in [-0.15, -0.1) is 22.6 Å². The summed E-state index contributed by atoms with van der Waals surface area (Å²) in [6.07, 6.45) is 4.89. The van der Waals surface area contributed by atoms with Crippen molar-refractivity contribution in [3.63, 3.8) is 0 Å². The standard InChI is InChI=1S/C30H46FN7O2.ClH/c1-20(2)25(9-8-13-32-7)37-17-30(18-37)12-14-36(16-30)27-28(35-34-19-33-27)40-26-11-10-23(31)15-24(26)29(39)38(21(3)4)22(5)6;/h10-11,15,19-22,25,32H,8-9,12-14,16-18H2,1-7H3;1H. The molecule has 0 saturated carbocycles. The van der Waals surface area contributed by atoms with Crippen molar-refractivity contribution in [2.24, 2.45) is 11.3 Å². The summed E-state index contributed by atoms with van der Waals surface area (Å²) < 4.78 is 20.5. The molecule has 2 aliphatic heterocycles. The number of hydrogen-bond donors (Lipinski definition) is 1. The van der Waals surface area contributed by atoms with Gasteiger partial charge in [-0.3, -0.25) is 9.69 Å². The number of likely N-dealkylation sites (tertiary alicyclic amines) is 1. The van der Waals surface area contributed by atoms with Crippen LogP contribution in [-0.4, -0.2) is 88.8 Å². The van der Waals surface area contributed by atoms with E-state index in [4.69, 9.17) is 4.74 Å². The van der Waals surface area contributed by atoms with Gasteiger partial charge in [-0.05, 0) is 84.7 Å². The van der Waals surface area contributed by atoms with Crippen LogP contribution in [-0.2, 0) is 0 Å². The van der Waals surface area contributed by atoms with Crippen molar-refractivity contribution in [1.29, 1.82) is 0 Å². The Hall–Kier alpha value is -2.56. The van der Waals surface area contributed by atoms with Crippen LogP contribution >= 0.6 is 12.4 Å².